The van der Waals surface area contributed by atoms with Gasteiger partial charge < -0.3 is 20.1 Å². The molecule has 0 unspecified atom stereocenters. The number of nitrogens with zero attached hydrogens (tertiary/aromatic N) is 2. The molecule has 0 bridgehead atoms. The Morgan fingerprint density at radius 3 is 2.17 bits per heavy atom. The van der Waals surface area contributed by atoms with Gasteiger partial charge in [-0.1, -0.05) is 6.07 Å². The maximum atomic E-state index is 5.94. The van der Waals surface area contributed by atoms with E-state index >= 15 is 0 Å². The Morgan fingerprint density at radius 1 is 0.917 bits per heavy atom. The number of benzene rings is 2. The van der Waals surface area contributed by atoms with Crippen molar-refractivity contribution in [2.75, 3.05) is 38.9 Å². The average Bonchev–Trinajstić information content (AvgIpc) is 2.60. The van der Waals surface area contributed by atoms with E-state index in [1.54, 1.807) is 14.2 Å². The van der Waals surface area contributed by atoms with E-state index in [-0.39, 0.29) is 0 Å². The lowest BCUT2D eigenvalue weighted by Gasteiger charge is -2.17. The van der Waals surface area contributed by atoms with Crippen LogP contribution in [0.3, 0.4) is 0 Å². The lowest BCUT2D eigenvalue weighted by atomic mass is 10.1. The maximum absolute atomic E-state index is 5.94. The molecule has 5 heteroatoms. The first-order valence-electron chi connectivity index (χ1n) is 7.63. The van der Waals surface area contributed by atoms with Crippen LogP contribution in [0, 0.1) is 0 Å². The largest absolute Gasteiger partial charge is 0.497 e. The van der Waals surface area contributed by atoms with Gasteiger partial charge in [0.25, 0.3) is 0 Å². The average molecular weight is 323 g/mol. The van der Waals surface area contributed by atoms with E-state index in [9.17, 15) is 0 Å². The second-order valence-electron chi connectivity index (χ2n) is 5.81. The summed E-state index contributed by atoms with van der Waals surface area (Å²) in [6.45, 7) is 0. The van der Waals surface area contributed by atoms with E-state index in [1.165, 1.54) is 0 Å². The zero-order chi connectivity index (χ0) is 17.3. The van der Waals surface area contributed by atoms with Crippen molar-refractivity contribution < 1.29 is 9.47 Å². The Balaban J connectivity index is 2.25. The molecule has 3 rings (SSSR count). The molecule has 3 aromatic rings. The summed E-state index contributed by atoms with van der Waals surface area (Å²) < 4.78 is 10.7. The Hall–Kier alpha value is -2.95. The van der Waals surface area contributed by atoms with E-state index in [4.69, 9.17) is 20.2 Å². The van der Waals surface area contributed by atoms with E-state index in [1.807, 2.05) is 55.4 Å². The van der Waals surface area contributed by atoms with Gasteiger partial charge in [-0.2, -0.15) is 0 Å². The molecule has 2 aromatic carbocycles. The summed E-state index contributed by atoms with van der Waals surface area (Å²) in [7, 11) is 7.22. The molecule has 0 saturated carbocycles. The standard InChI is InChI=1S/C19H21N3O2/c1-22(2)19-17-10-14(20)6-5-12(17)9-18(21-19)13-7-15(23-3)11-16(8-13)24-4/h5-11H,20H2,1-4H3. The highest BCUT2D eigenvalue weighted by atomic mass is 16.5. The molecule has 0 radical (unpaired) electrons. The molecule has 1 aromatic heterocycles. The summed E-state index contributed by atoms with van der Waals surface area (Å²) in [4.78, 5) is 6.81. The van der Waals surface area contributed by atoms with Gasteiger partial charge in [0.1, 0.15) is 17.3 Å². The molecule has 0 atom stereocenters. The van der Waals surface area contributed by atoms with Crippen LogP contribution in [0.1, 0.15) is 0 Å². The van der Waals surface area contributed by atoms with E-state index in [2.05, 4.69) is 6.07 Å². The lowest BCUT2D eigenvalue weighted by Crippen LogP contribution is -2.11. The summed E-state index contributed by atoms with van der Waals surface area (Å²) in [5, 5.41) is 2.11. The zero-order valence-electron chi connectivity index (χ0n) is 14.3. The molecule has 0 aliphatic heterocycles. The molecule has 0 amide bonds. The fourth-order valence-corrected chi connectivity index (χ4v) is 2.69. The summed E-state index contributed by atoms with van der Waals surface area (Å²) >= 11 is 0. The van der Waals surface area contributed by atoms with Crippen molar-refractivity contribution in [3.8, 4) is 22.8 Å². The first-order valence-corrected chi connectivity index (χ1v) is 7.63. The van der Waals surface area contributed by atoms with Crippen LogP contribution in [-0.2, 0) is 0 Å². The fourth-order valence-electron chi connectivity index (χ4n) is 2.69. The number of hydrogen-bond acceptors (Lipinski definition) is 5. The molecule has 0 fully saturated rings. The van der Waals surface area contributed by atoms with Crippen molar-refractivity contribution in [1.82, 2.24) is 4.98 Å². The summed E-state index contributed by atoms with van der Waals surface area (Å²) in [6.07, 6.45) is 0. The monoisotopic (exact) mass is 323 g/mol. The van der Waals surface area contributed by atoms with Crippen LogP contribution in [0.5, 0.6) is 11.5 Å². The number of rotatable bonds is 4. The highest BCUT2D eigenvalue weighted by molar-refractivity contribution is 5.96. The van der Waals surface area contributed by atoms with Gasteiger partial charge >= 0.3 is 0 Å². The van der Waals surface area contributed by atoms with Gasteiger partial charge in [0.2, 0.25) is 0 Å². The smallest absolute Gasteiger partial charge is 0.136 e. The first-order chi connectivity index (χ1) is 11.5. The van der Waals surface area contributed by atoms with Gasteiger partial charge in [0.05, 0.1) is 19.9 Å². The molecule has 1 heterocycles. The van der Waals surface area contributed by atoms with Crippen LogP contribution in [0.15, 0.2) is 42.5 Å². The predicted molar refractivity (Wildman–Crippen MR) is 99.0 cm³/mol. The number of aromatic nitrogens is 1. The Bertz CT molecular complexity index is 869. The molecule has 0 spiro atoms. The normalized spacial score (nSPS) is 10.7. The van der Waals surface area contributed by atoms with E-state index < -0.39 is 0 Å². The summed E-state index contributed by atoms with van der Waals surface area (Å²) in [6, 6.07) is 13.7. The number of pyridine rings is 1. The van der Waals surface area contributed by atoms with Gasteiger partial charge in [-0.3, -0.25) is 0 Å². The predicted octanol–water partition coefficient (Wildman–Crippen LogP) is 3.57. The van der Waals surface area contributed by atoms with Gasteiger partial charge in [-0.05, 0) is 35.7 Å². The number of hydrogen-bond donors (Lipinski definition) is 1. The molecule has 24 heavy (non-hydrogen) atoms. The topological polar surface area (TPSA) is 60.6 Å². The lowest BCUT2D eigenvalue weighted by molar-refractivity contribution is 0.394. The Labute approximate surface area is 141 Å². The molecular formula is C19H21N3O2. The third-order valence-corrected chi connectivity index (χ3v) is 3.91. The van der Waals surface area contributed by atoms with Gasteiger partial charge in [-0.15, -0.1) is 0 Å². The third-order valence-electron chi connectivity index (χ3n) is 3.91. The number of nitrogens with two attached hydrogens (primary N) is 1. The molecule has 5 nitrogen and oxygen atoms in total. The van der Waals surface area contributed by atoms with Crippen molar-refractivity contribution in [1.29, 1.82) is 0 Å². The molecule has 0 saturated heterocycles. The number of ether oxygens (including phenoxy) is 2. The molecule has 0 aliphatic rings. The maximum Gasteiger partial charge on any atom is 0.136 e. The third kappa shape index (κ3) is 2.93. The fraction of sp³-hybridized carbons (Fsp3) is 0.211. The van der Waals surface area contributed by atoms with Gasteiger partial charge in [0.15, 0.2) is 0 Å². The minimum absolute atomic E-state index is 0.725. The van der Waals surface area contributed by atoms with Crippen molar-refractivity contribution in [3.63, 3.8) is 0 Å². The van der Waals surface area contributed by atoms with Crippen LogP contribution >= 0.6 is 0 Å². The van der Waals surface area contributed by atoms with Crippen LogP contribution in [-0.4, -0.2) is 33.3 Å². The number of methoxy groups -OCH3 is 2. The molecule has 2 N–H and O–H groups in total. The summed E-state index contributed by atoms with van der Waals surface area (Å²) in [5.41, 5.74) is 8.46. The number of nitrogen functional groups attached to an aromatic ring is 1. The minimum atomic E-state index is 0.725. The quantitative estimate of drug-likeness (QED) is 0.744. The summed E-state index contributed by atoms with van der Waals surface area (Å²) in [5.74, 6) is 2.33. The van der Waals surface area contributed by atoms with E-state index in [0.717, 1.165) is 45.0 Å². The van der Waals surface area contributed by atoms with Crippen molar-refractivity contribution >= 4 is 22.3 Å². The van der Waals surface area contributed by atoms with E-state index in [0.29, 0.717) is 0 Å². The Kier molecular flexibility index (Phi) is 4.16. The van der Waals surface area contributed by atoms with Gasteiger partial charge in [0, 0.05) is 36.8 Å². The second kappa shape index (κ2) is 6.28. The Morgan fingerprint density at radius 2 is 1.58 bits per heavy atom. The highest BCUT2D eigenvalue weighted by Crippen LogP contribution is 2.33. The first kappa shape index (κ1) is 15.9. The van der Waals surface area contributed by atoms with Crippen LogP contribution in [0.4, 0.5) is 11.5 Å². The molecular weight excluding hydrogens is 302 g/mol. The van der Waals surface area contributed by atoms with Crippen molar-refractivity contribution in [2.24, 2.45) is 0 Å². The minimum Gasteiger partial charge on any atom is -0.497 e. The zero-order valence-corrected chi connectivity index (χ0v) is 14.3. The highest BCUT2D eigenvalue weighted by Gasteiger charge is 2.12. The van der Waals surface area contributed by atoms with Crippen LogP contribution in [0.25, 0.3) is 22.0 Å². The number of anilines is 2. The van der Waals surface area contributed by atoms with Gasteiger partial charge in [-0.25, -0.2) is 4.98 Å². The molecule has 124 valence electrons. The SMILES string of the molecule is COc1cc(OC)cc(-c2cc3ccc(N)cc3c(N(C)C)n2)c1. The molecule has 0 aliphatic carbocycles. The van der Waals surface area contributed by atoms with Crippen LogP contribution < -0.4 is 20.1 Å². The van der Waals surface area contributed by atoms with Crippen molar-refractivity contribution in [2.45, 2.75) is 0 Å². The second-order valence-corrected chi connectivity index (χ2v) is 5.81. The van der Waals surface area contributed by atoms with Crippen LogP contribution in [0.2, 0.25) is 0 Å². The number of fused-ring (bicyclic) bond motifs is 1. The van der Waals surface area contributed by atoms with Crippen molar-refractivity contribution in [3.05, 3.63) is 42.5 Å².